The Morgan fingerprint density at radius 3 is 2.12 bits per heavy atom. The van der Waals surface area contributed by atoms with Crippen molar-refractivity contribution in [2.75, 3.05) is 19.5 Å². The molecule has 0 aliphatic carbocycles. The van der Waals surface area contributed by atoms with Gasteiger partial charge in [0.25, 0.3) is 0 Å². The van der Waals surface area contributed by atoms with Crippen LogP contribution >= 0.6 is 7.26 Å². The number of halogens is 1. The summed E-state index contributed by atoms with van der Waals surface area (Å²) in [6.45, 7) is 4.77. The molecule has 0 radical (unpaired) electrons. The highest BCUT2D eigenvalue weighted by molar-refractivity contribution is 7.77. The second-order valence-corrected chi connectivity index (χ2v) is 6.98. The van der Waals surface area contributed by atoms with Gasteiger partial charge in [-0.25, -0.2) is 0 Å². The van der Waals surface area contributed by atoms with Crippen LogP contribution in [0.4, 0.5) is 0 Å². The van der Waals surface area contributed by atoms with Crippen LogP contribution in [0, 0.1) is 0 Å². The van der Waals surface area contributed by atoms with E-state index in [9.17, 15) is 0 Å². The predicted octanol–water partition coefficient (Wildman–Crippen LogP) is -0.815. The van der Waals surface area contributed by atoms with E-state index in [1.807, 2.05) is 0 Å². The molecule has 0 saturated heterocycles. The quantitative estimate of drug-likeness (QED) is 0.396. The van der Waals surface area contributed by atoms with Crippen LogP contribution < -0.4 is 12.4 Å². The summed E-state index contributed by atoms with van der Waals surface area (Å²) < 4.78 is 0. The SMILES string of the molecule is C[P+]1(C)C=CCC1.[Cl-]. The first-order valence-electron chi connectivity index (χ1n) is 2.71. The van der Waals surface area contributed by atoms with Crippen molar-refractivity contribution in [3.63, 3.8) is 0 Å². The lowest BCUT2D eigenvalue weighted by Gasteiger charge is -2.03. The zero-order chi connectivity index (χ0) is 5.33. The first-order chi connectivity index (χ1) is 3.21. The van der Waals surface area contributed by atoms with Gasteiger partial charge in [0.2, 0.25) is 0 Å². The van der Waals surface area contributed by atoms with Crippen LogP contribution in [-0.2, 0) is 0 Å². The summed E-state index contributed by atoms with van der Waals surface area (Å²) in [6, 6.07) is 0. The molecule has 0 N–H and O–H groups in total. The second kappa shape index (κ2) is 2.85. The Hall–Kier alpha value is 0.460. The molecule has 0 saturated carbocycles. The third-order valence-corrected chi connectivity index (χ3v) is 3.81. The fraction of sp³-hybridized carbons (Fsp3) is 0.667. The Kier molecular flexibility index (Phi) is 3.01. The lowest BCUT2D eigenvalue weighted by atomic mass is 10.5. The van der Waals surface area contributed by atoms with Gasteiger partial charge in [-0.2, -0.15) is 0 Å². The molecule has 0 aromatic heterocycles. The van der Waals surface area contributed by atoms with Gasteiger partial charge in [-0.05, 0) is 6.08 Å². The van der Waals surface area contributed by atoms with Crippen LogP contribution in [0.15, 0.2) is 11.9 Å². The molecule has 0 atom stereocenters. The predicted molar refractivity (Wildman–Crippen MR) is 37.4 cm³/mol. The summed E-state index contributed by atoms with van der Waals surface area (Å²) in [5.41, 5.74) is 0. The molecule has 8 heavy (non-hydrogen) atoms. The second-order valence-electron chi connectivity index (χ2n) is 2.68. The van der Waals surface area contributed by atoms with Crippen LogP contribution in [0.25, 0.3) is 0 Å². The molecular formula is C6H12ClP. The van der Waals surface area contributed by atoms with Gasteiger partial charge in [0.05, 0.1) is 25.3 Å². The molecule has 2 heteroatoms. The molecule has 0 amide bonds. The van der Waals surface area contributed by atoms with Crippen LogP contribution in [0.3, 0.4) is 0 Å². The van der Waals surface area contributed by atoms with Gasteiger partial charge in [0, 0.05) is 13.7 Å². The van der Waals surface area contributed by atoms with Crippen molar-refractivity contribution in [1.29, 1.82) is 0 Å². The van der Waals surface area contributed by atoms with Gasteiger partial charge in [-0.3, -0.25) is 0 Å². The molecule has 0 aromatic rings. The van der Waals surface area contributed by atoms with E-state index in [1.165, 1.54) is 12.6 Å². The van der Waals surface area contributed by atoms with Crippen LogP contribution in [-0.4, -0.2) is 19.5 Å². The van der Waals surface area contributed by atoms with Crippen molar-refractivity contribution >= 4 is 7.26 Å². The van der Waals surface area contributed by atoms with Crippen molar-refractivity contribution in [3.8, 4) is 0 Å². The summed E-state index contributed by atoms with van der Waals surface area (Å²) in [5, 5.41) is 0. The van der Waals surface area contributed by atoms with Gasteiger partial charge in [-0.1, -0.05) is 0 Å². The van der Waals surface area contributed by atoms with Gasteiger partial charge in [0.1, 0.15) is 0 Å². The van der Waals surface area contributed by atoms with Crippen molar-refractivity contribution in [3.05, 3.63) is 11.9 Å². The summed E-state index contributed by atoms with van der Waals surface area (Å²) in [7, 11) is -0.474. The van der Waals surface area contributed by atoms with Crippen LogP contribution in [0.5, 0.6) is 0 Å². The van der Waals surface area contributed by atoms with Gasteiger partial charge in [-0.15, -0.1) is 0 Å². The van der Waals surface area contributed by atoms with E-state index < -0.39 is 7.26 Å². The largest absolute Gasteiger partial charge is 1.00 e. The molecule has 0 nitrogen and oxygen atoms in total. The average molecular weight is 151 g/mol. The number of rotatable bonds is 0. The molecule has 48 valence electrons. The normalized spacial score (nSPS) is 22.8. The Balaban J connectivity index is 0.000000490. The van der Waals surface area contributed by atoms with E-state index in [0.29, 0.717) is 0 Å². The van der Waals surface area contributed by atoms with Crippen molar-refractivity contribution < 1.29 is 12.4 Å². The van der Waals surface area contributed by atoms with Crippen molar-refractivity contribution in [2.24, 2.45) is 0 Å². The lowest BCUT2D eigenvalue weighted by Crippen LogP contribution is -3.00. The molecule has 1 aliphatic rings. The van der Waals surface area contributed by atoms with E-state index in [4.69, 9.17) is 0 Å². The zero-order valence-corrected chi connectivity index (χ0v) is 7.04. The Bertz CT molecular complexity index is 96.7. The third-order valence-electron chi connectivity index (χ3n) is 1.38. The van der Waals surface area contributed by atoms with E-state index in [-0.39, 0.29) is 12.4 Å². The van der Waals surface area contributed by atoms with E-state index >= 15 is 0 Å². The first kappa shape index (κ1) is 8.46. The topological polar surface area (TPSA) is 0 Å². The molecule has 1 rings (SSSR count). The Morgan fingerprint density at radius 2 is 2.00 bits per heavy atom. The molecule has 0 aromatic carbocycles. The lowest BCUT2D eigenvalue weighted by molar-refractivity contribution is -0.00000166. The first-order valence-corrected chi connectivity index (χ1v) is 5.65. The molecule has 0 spiro atoms. The minimum Gasteiger partial charge on any atom is -1.00 e. The highest BCUT2D eigenvalue weighted by Gasteiger charge is 2.23. The zero-order valence-electron chi connectivity index (χ0n) is 5.39. The summed E-state index contributed by atoms with van der Waals surface area (Å²) >= 11 is 0. The summed E-state index contributed by atoms with van der Waals surface area (Å²) in [6.07, 6.45) is 5.10. The maximum Gasteiger partial charge on any atom is 0.0666 e. The molecule has 0 fully saturated rings. The minimum absolute atomic E-state index is 0. The highest BCUT2D eigenvalue weighted by Crippen LogP contribution is 2.56. The van der Waals surface area contributed by atoms with Crippen molar-refractivity contribution in [1.82, 2.24) is 0 Å². The van der Waals surface area contributed by atoms with E-state index in [1.54, 1.807) is 0 Å². The maximum atomic E-state index is 2.41. The van der Waals surface area contributed by atoms with Gasteiger partial charge in [0.15, 0.2) is 0 Å². The summed E-state index contributed by atoms with van der Waals surface area (Å²) in [4.78, 5) is 0. The van der Waals surface area contributed by atoms with E-state index in [2.05, 4.69) is 25.2 Å². The van der Waals surface area contributed by atoms with Gasteiger partial charge < -0.3 is 12.4 Å². The fourth-order valence-electron chi connectivity index (χ4n) is 0.842. The molecular weight excluding hydrogens is 138 g/mol. The Labute approximate surface area is 58.1 Å². The maximum absolute atomic E-state index is 2.41. The standard InChI is InChI=1S/C6H12P.ClH/c1-7(2)5-3-4-6-7;/h3,5H,4,6H2,1-2H3;1H/q+1;/p-1. The number of allylic oxidation sites excluding steroid dienone is 1. The summed E-state index contributed by atoms with van der Waals surface area (Å²) in [5.74, 6) is 2.41. The molecule has 0 bridgehead atoms. The van der Waals surface area contributed by atoms with Crippen LogP contribution in [0.2, 0.25) is 0 Å². The smallest absolute Gasteiger partial charge is 0.0666 e. The highest BCUT2D eigenvalue weighted by atomic mass is 35.5. The van der Waals surface area contributed by atoms with E-state index in [0.717, 1.165) is 0 Å². The molecule has 1 aliphatic heterocycles. The fourth-order valence-corrected chi connectivity index (χ4v) is 2.53. The number of hydrogen-bond donors (Lipinski definition) is 0. The van der Waals surface area contributed by atoms with Gasteiger partial charge >= 0.3 is 0 Å². The Morgan fingerprint density at radius 1 is 1.38 bits per heavy atom. The third kappa shape index (κ3) is 2.15. The van der Waals surface area contributed by atoms with Crippen LogP contribution in [0.1, 0.15) is 6.42 Å². The average Bonchev–Trinajstić information content (AvgIpc) is 1.84. The van der Waals surface area contributed by atoms with Crippen molar-refractivity contribution in [2.45, 2.75) is 6.42 Å². The monoisotopic (exact) mass is 150 g/mol. The minimum atomic E-state index is -0.474. The molecule has 1 heterocycles. The number of hydrogen-bond acceptors (Lipinski definition) is 0. The molecule has 0 unspecified atom stereocenters.